The number of nitrogens with one attached hydrogen (secondary N) is 8. The maximum atomic E-state index is 14.4. The van der Waals surface area contributed by atoms with Gasteiger partial charge in [0.1, 0.15) is 30.8 Å². The van der Waals surface area contributed by atoms with Gasteiger partial charge in [0.2, 0.25) is 47.3 Å². The molecule has 12 atom stereocenters. The van der Waals surface area contributed by atoms with Gasteiger partial charge in [0.15, 0.2) is 0 Å². The van der Waals surface area contributed by atoms with E-state index in [1.807, 2.05) is 32.0 Å². The van der Waals surface area contributed by atoms with Crippen LogP contribution in [-0.4, -0.2) is 170 Å². The number of likely N-dealkylation sites (N-methyl/N-ethyl adjacent to an activating group) is 1. The number of ether oxygens (including phenoxy) is 3. The highest BCUT2D eigenvalue weighted by Crippen LogP contribution is 2.29. The Morgan fingerprint density at radius 2 is 1.35 bits per heavy atom. The van der Waals surface area contributed by atoms with Gasteiger partial charge in [0.05, 0.1) is 48.8 Å². The number of anilines is 1. The highest BCUT2D eigenvalue weighted by molar-refractivity contribution is 5.98. The molecule has 0 radical (unpaired) electrons. The van der Waals surface area contributed by atoms with E-state index in [2.05, 4.69) is 49.1 Å². The Kier molecular flexibility index (Phi) is 33.8. The van der Waals surface area contributed by atoms with E-state index in [4.69, 9.17) is 19.9 Å². The molecule has 91 heavy (non-hydrogen) atoms. The molecular weight excluding hydrogens is 1170 g/mol. The van der Waals surface area contributed by atoms with Crippen LogP contribution in [0.2, 0.25) is 0 Å². The van der Waals surface area contributed by atoms with Gasteiger partial charge in [-0.15, -0.1) is 0 Å². The van der Waals surface area contributed by atoms with Crippen LogP contribution < -0.4 is 48.3 Å². The minimum absolute atomic E-state index is 0.0998. The Bertz CT molecular complexity index is 2680. The topological polar surface area (TPSA) is 347 Å². The van der Waals surface area contributed by atoms with Crippen molar-refractivity contribution in [1.29, 1.82) is 0 Å². The van der Waals surface area contributed by atoms with Crippen molar-refractivity contribution in [2.45, 2.75) is 201 Å². The number of aliphatic hydroxyl groups excluding tert-OH is 1. The molecule has 0 bridgehead atoms. The number of hydrogen-bond donors (Lipinski definition) is 10. The zero-order valence-corrected chi connectivity index (χ0v) is 55.8. The summed E-state index contributed by atoms with van der Waals surface area (Å²) in [5, 5.41) is 33.4. The van der Waals surface area contributed by atoms with E-state index in [0.717, 1.165) is 0 Å². The molecule has 25 heteroatoms. The number of amides is 11. The van der Waals surface area contributed by atoms with E-state index < -0.39 is 114 Å². The maximum absolute atomic E-state index is 14.4. The van der Waals surface area contributed by atoms with Crippen molar-refractivity contribution >= 4 is 65.1 Å². The highest BCUT2D eigenvalue weighted by Gasteiger charge is 2.43. The van der Waals surface area contributed by atoms with Crippen molar-refractivity contribution in [3.63, 3.8) is 0 Å². The lowest BCUT2D eigenvalue weighted by Crippen LogP contribution is -2.60. The van der Waals surface area contributed by atoms with Crippen molar-refractivity contribution in [3.8, 4) is 0 Å². The normalized spacial score (nSPS) is 16.7. The van der Waals surface area contributed by atoms with Crippen molar-refractivity contribution in [3.05, 3.63) is 78.4 Å². The van der Waals surface area contributed by atoms with E-state index in [1.165, 1.54) is 32.2 Å². The van der Waals surface area contributed by atoms with Gasteiger partial charge in [-0.1, -0.05) is 124 Å². The monoisotopic (exact) mass is 1280 g/mol. The summed E-state index contributed by atoms with van der Waals surface area (Å²) in [4.78, 5) is 136. The summed E-state index contributed by atoms with van der Waals surface area (Å²) in [5.41, 5.74) is 6.78. The number of methoxy groups -OCH3 is 2. The highest BCUT2D eigenvalue weighted by atomic mass is 16.6. The molecule has 1 fully saturated rings. The molecule has 11 N–H and O–H groups in total. The van der Waals surface area contributed by atoms with E-state index in [0.29, 0.717) is 68.4 Å². The molecule has 1 saturated heterocycles. The fourth-order valence-electron chi connectivity index (χ4n) is 11.1. The zero-order valence-electron chi connectivity index (χ0n) is 55.8. The molecule has 0 aliphatic carbocycles. The van der Waals surface area contributed by atoms with Crippen LogP contribution in [0.25, 0.3) is 0 Å². The number of carbonyl (C=O) groups is 10. The number of aliphatic hydroxyl groups is 1. The second-order valence-electron chi connectivity index (χ2n) is 24.7. The minimum Gasteiger partial charge on any atom is -0.445 e. The summed E-state index contributed by atoms with van der Waals surface area (Å²) in [5.74, 6) is -5.52. The average molecular weight is 1280 g/mol. The first kappa shape index (κ1) is 77.6. The third-order valence-electron chi connectivity index (χ3n) is 16.7. The fourth-order valence-corrected chi connectivity index (χ4v) is 11.1. The van der Waals surface area contributed by atoms with Crippen molar-refractivity contribution in [2.75, 3.05) is 46.2 Å². The molecule has 0 aromatic heterocycles. The number of rotatable bonds is 39. The summed E-state index contributed by atoms with van der Waals surface area (Å²) < 4.78 is 17.6. The zero-order chi connectivity index (χ0) is 68.1. The largest absolute Gasteiger partial charge is 0.445 e. The van der Waals surface area contributed by atoms with Crippen LogP contribution in [-0.2, 0) is 59.2 Å². The Hall–Kier alpha value is -7.64. The third-order valence-corrected chi connectivity index (χ3v) is 16.7. The second kappa shape index (κ2) is 39.6. The molecule has 11 amide bonds. The van der Waals surface area contributed by atoms with E-state index >= 15 is 0 Å². The third kappa shape index (κ3) is 25.2. The van der Waals surface area contributed by atoms with E-state index in [1.54, 1.807) is 96.7 Å². The van der Waals surface area contributed by atoms with Gasteiger partial charge in [-0.05, 0) is 98.5 Å². The number of urea groups is 1. The molecule has 0 saturated carbocycles. The number of likely N-dealkylation sites (tertiary alicyclic amines) is 1. The molecule has 3 rings (SSSR count). The SMILES string of the molecule is C=CC(=O)NCCCCCC(=O)N[C@H](C(=O)N[C@@H](CCCNC(N)=O)C(=O)Nc1ccc(COC(=O)N(C)[C@H](C(=O)N[C@H](C(=O)N[C@@H]([C@@H](C)CC)[C@@H](CC(=O)N2CCC[C@H]2[C@H](OC)[C@@H](C)C(=O)N[C@H](C)[C@@H](O)c2ccccc2)OC)C(C)C)C(C)C)cc1)C(C)C. The van der Waals surface area contributed by atoms with E-state index in [-0.39, 0.29) is 74.3 Å². The number of carbonyl (C=O) groups excluding carboxylic acids is 10. The van der Waals surface area contributed by atoms with E-state index in [9.17, 15) is 53.1 Å². The minimum atomic E-state index is -1.09. The Balaban J connectivity index is 1.66. The van der Waals surface area contributed by atoms with Gasteiger partial charge >= 0.3 is 12.1 Å². The molecule has 1 aliphatic heterocycles. The summed E-state index contributed by atoms with van der Waals surface area (Å²) in [6, 6.07) is 8.79. The van der Waals surface area contributed by atoms with Gasteiger partial charge in [-0.25, -0.2) is 9.59 Å². The number of nitrogens with zero attached hydrogens (tertiary/aromatic N) is 2. The van der Waals surface area contributed by atoms with Gasteiger partial charge in [0, 0.05) is 53.0 Å². The van der Waals surface area contributed by atoms with Crippen LogP contribution in [0.5, 0.6) is 0 Å². The van der Waals surface area contributed by atoms with Crippen LogP contribution >= 0.6 is 0 Å². The quantitative estimate of drug-likeness (QED) is 0.0307. The average Bonchev–Trinajstić information content (AvgIpc) is 2.19. The summed E-state index contributed by atoms with van der Waals surface area (Å²) in [7, 11) is 4.42. The second-order valence-corrected chi connectivity index (χ2v) is 24.7. The van der Waals surface area contributed by atoms with Gasteiger partial charge in [-0.3, -0.25) is 43.3 Å². The van der Waals surface area contributed by atoms with Crippen LogP contribution in [0.3, 0.4) is 0 Å². The number of unbranched alkanes of at least 4 members (excludes halogenated alkanes) is 2. The van der Waals surface area contributed by atoms with Crippen molar-refractivity contribution in [2.24, 2.45) is 35.3 Å². The Morgan fingerprint density at radius 1 is 0.725 bits per heavy atom. The van der Waals surface area contributed by atoms with Crippen LogP contribution in [0.1, 0.15) is 151 Å². The lowest BCUT2D eigenvalue weighted by Gasteiger charge is -2.37. The standard InChI is InChI=1S/C66H105N11O14/c1-15-42(9)56(50(89-13)37-53(80)77-36-24-28-49(77)59(90-14)43(10)60(82)70-44(11)58(81)46-25-19-17-20-26-46)75-63(85)55(40(5)6)74-64(86)57(41(7)8)76(12)66(88)91-38-45-30-32-47(33-31-45)71-61(83)48(27-23-35-69-65(67)87)72-62(84)54(39(3)4)73-52(79)29-21-18-22-34-68-51(78)16-2/h16-17,19-20,25-26,30-33,39-44,48-50,54-59,81H,2,15,18,21-24,27-29,34-38H2,1,3-14H3,(H,68,78)(H,70,82)(H,71,83)(H,72,84)(H,73,79)(H,74,86)(H,75,85)(H3,67,69,87)/t42-,43+,44+,48-,49-,50+,54-,55-,56-,57-,58+,59+/m0/s1. The van der Waals surface area contributed by atoms with Gasteiger partial charge in [-0.2, -0.15) is 0 Å². The number of nitrogens with two attached hydrogens (primary N) is 1. The lowest BCUT2D eigenvalue weighted by molar-refractivity contribution is -0.143. The first-order valence-corrected chi connectivity index (χ1v) is 31.9. The van der Waals surface area contributed by atoms with Gasteiger partial charge < -0.3 is 72.5 Å². The predicted molar refractivity (Wildman–Crippen MR) is 346 cm³/mol. The van der Waals surface area contributed by atoms with Crippen molar-refractivity contribution in [1.82, 2.24) is 47.0 Å². The van der Waals surface area contributed by atoms with Crippen molar-refractivity contribution < 1.29 is 67.3 Å². The first-order valence-electron chi connectivity index (χ1n) is 31.9. The molecule has 1 heterocycles. The molecule has 2 aromatic carbocycles. The van der Waals surface area contributed by atoms with Crippen LogP contribution in [0.4, 0.5) is 15.3 Å². The summed E-state index contributed by atoms with van der Waals surface area (Å²) in [6.45, 7) is 22.2. The number of primary amides is 1. The van der Waals surface area contributed by atoms with Crippen LogP contribution in [0, 0.1) is 29.6 Å². The van der Waals surface area contributed by atoms with Crippen LogP contribution in [0.15, 0.2) is 67.3 Å². The molecular formula is C66H105N11O14. The molecule has 25 nitrogen and oxygen atoms in total. The van der Waals surface area contributed by atoms with Gasteiger partial charge in [0.25, 0.3) is 0 Å². The first-order chi connectivity index (χ1) is 43.1. The predicted octanol–water partition coefficient (Wildman–Crippen LogP) is 5.11. The summed E-state index contributed by atoms with van der Waals surface area (Å²) in [6.07, 6.45) is 2.13. The Morgan fingerprint density at radius 3 is 1.93 bits per heavy atom. The lowest BCUT2D eigenvalue weighted by atomic mass is 9.90. The number of hydrogen-bond acceptors (Lipinski definition) is 14. The summed E-state index contributed by atoms with van der Waals surface area (Å²) >= 11 is 0. The molecule has 508 valence electrons. The Labute approximate surface area is 538 Å². The molecule has 1 aliphatic rings. The fraction of sp³-hybridized carbons (Fsp3) is 0.636. The smallest absolute Gasteiger partial charge is 0.410 e. The molecule has 2 aromatic rings. The molecule has 0 spiro atoms. The molecule has 0 unspecified atom stereocenters. The number of benzene rings is 2. The maximum Gasteiger partial charge on any atom is 0.410 e.